The maximum absolute atomic E-state index is 11.8. The number of ether oxygens (including phenoxy) is 2. The van der Waals surface area contributed by atoms with E-state index in [1.165, 1.54) is 0 Å². The molecule has 1 aromatic rings. The molecule has 0 amide bonds. The highest BCUT2D eigenvalue weighted by Gasteiger charge is 2.28. The average molecular weight is 274 g/mol. The Morgan fingerprint density at radius 1 is 0.850 bits per heavy atom. The van der Waals surface area contributed by atoms with Crippen LogP contribution in [-0.2, 0) is 9.59 Å². The summed E-state index contributed by atoms with van der Waals surface area (Å²) in [6.45, 7) is 0. The fourth-order valence-electron chi connectivity index (χ4n) is 2.29. The van der Waals surface area contributed by atoms with Crippen LogP contribution >= 0.6 is 0 Å². The highest BCUT2D eigenvalue weighted by molar-refractivity contribution is 5.77. The summed E-state index contributed by atoms with van der Waals surface area (Å²) in [6.07, 6.45) is 5.84. The summed E-state index contributed by atoms with van der Waals surface area (Å²) in [5.41, 5.74) is 0. The molecule has 0 atom stereocenters. The minimum atomic E-state index is -0.182. The molecule has 0 N–H and O–H groups in total. The molecule has 1 aromatic carbocycles. The number of esters is 2. The average Bonchev–Trinajstić information content (AvgIpc) is 2.23. The molecule has 106 valence electrons. The number of carbonyl (C=O) groups excluding carboxylic acids is 2. The molecular weight excluding hydrogens is 256 g/mol. The van der Waals surface area contributed by atoms with Crippen LogP contribution in [0.1, 0.15) is 38.5 Å². The van der Waals surface area contributed by atoms with Crippen LogP contribution in [0.3, 0.4) is 0 Å². The van der Waals surface area contributed by atoms with Crippen molar-refractivity contribution < 1.29 is 19.1 Å². The van der Waals surface area contributed by atoms with Gasteiger partial charge in [-0.1, -0.05) is 18.9 Å². The van der Waals surface area contributed by atoms with E-state index < -0.39 is 0 Å². The first-order valence-electron chi connectivity index (χ1n) is 7.26. The van der Waals surface area contributed by atoms with Gasteiger partial charge in [-0.05, 0) is 37.8 Å². The molecule has 0 saturated heterocycles. The van der Waals surface area contributed by atoms with Crippen LogP contribution in [0.15, 0.2) is 24.3 Å². The Morgan fingerprint density at radius 3 is 1.65 bits per heavy atom. The van der Waals surface area contributed by atoms with Crippen LogP contribution in [-0.4, -0.2) is 11.9 Å². The molecule has 4 nitrogen and oxygen atoms in total. The Morgan fingerprint density at radius 2 is 1.30 bits per heavy atom. The van der Waals surface area contributed by atoms with E-state index in [1.807, 2.05) is 0 Å². The standard InChI is InChI=1S/C16H18O4/c17-15(11-4-1-5-11)19-13-8-3-9-14(10-13)20-16(18)12-6-2-7-12/h3,8-12H,1-2,4-7H2. The molecule has 2 saturated carbocycles. The predicted molar refractivity (Wildman–Crippen MR) is 72.4 cm³/mol. The zero-order valence-corrected chi connectivity index (χ0v) is 11.3. The van der Waals surface area contributed by atoms with E-state index in [1.54, 1.807) is 24.3 Å². The van der Waals surface area contributed by atoms with E-state index in [4.69, 9.17) is 9.47 Å². The smallest absolute Gasteiger partial charge is 0.314 e. The van der Waals surface area contributed by atoms with E-state index in [-0.39, 0.29) is 23.8 Å². The topological polar surface area (TPSA) is 52.6 Å². The van der Waals surface area contributed by atoms with Crippen LogP contribution in [0.5, 0.6) is 11.5 Å². The lowest BCUT2D eigenvalue weighted by Gasteiger charge is -2.23. The summed E-state index contributed by atoms with van der Waals surface area (Å²) in [6, 6.07) is 6.74. The van der Waals surface area contributed by atoms with Gasteiger partial charge in [-0.2, -0.15) is 0 Å². The minimum absolute atomic E-state index is 0.0381. The van der Waals surface area contributed by atoms with E-state index >= 15 is 0 Å². The maximum atomic E-state index is 11.8. The summed E-state index contributed by atoms with van der Waals surface area (Å²) in [5.74, 6) is 0.603. The van der Waals surface area contributed by atoms with Crippen molar-refractivity contribution in [2.75, 3.05) is 0 Å². The van der Waals surface area contributed by atoms with Crippen molar-refractivity contribution in [1.29, 1.82) is 0 Å². The van der Waals surface area contributed by atoms with Gasteiger partial charge < -0.3 is 9.47 Å². The molecule has 0 bridgehead atoms. The second-order valence-electron chi connectivity index (χ2n) is 5.57. The molecule has 20 heavy (non-hydrogen) atoms. The van der Waals surface area contributed by atoms with Gasteiger partial charge in [0.05, 0.1) is 11.8 Å². The van der Waals surface area contributed by atoms with Gasteiger partial charge in [0, 0.05) is 6.07 Å². The quantitative estimate of drug-likeness (QED) is 0.625. The van der Waals surface area contributed by atoms with E-state index in [0.717, 1.165) is 38.5 Å². The molecule has 2 aliphatic carbocycles. The first-order valence-corrected chi connectivity index (χ1v) is 7.26. The number of benzene rings is 1. The second kappa shape index (κ2) is 5.65. The largest absolute Gasteiger partial charge is 0.426 e. The molecule has 3 rings (SSSR count). The van der Waals surface area contributed by atoms with Gasteiger partial charge in [-0.25, -0.2) is 0 Å². The molecule has 2 fully saturated rings. The van der Waals surface area contributed by atoms with Gasteiger partial charge in [0.1, 0.15) is 11.5 Å². The lowest BCUT2D eigenvalue weighted by atomic mass is 9.86. The van der Waals surface area contributed by atoms with Crippen LogP contribution in [0.25, 0.3) is 0 Å². The van der Waals surface area contributed by atoms with E-state index in [0.29, 0.717) is 11.5 Å². The van der Waals surface area contributed by atoms with Gasteiger partial charge in [-0.3, -0.25) is 9.59 Å². The summed E-state index contributed by atoms with van der Waals surface area (Å²) < 4.78 is 10.6. The van der Waals surface area contributed by atoms with Crippen molar-refractivity contribution >= 4 is 11.9 Å². The molecule has 0 unspecified atom stereocenters. The molecule has 0 aromatic heterocycles. The molecule has 0 heterocycles. The molecule has 0 spiro atoms. The number of hydrogen-bond donors (Lipinski definition) is 0. The molecular formula is C16H18O4. The Bertz CT molecular complexity index is 472. The molecule has 0 radical (unpaired) electrons. The fraction of sp³-hybridized carbons (Fsp3) is 0.500. The lowest BCUT2D eigenvalue weighted by Crippen LogP contribution is -2.27. The first kappa shape index (κ1) is 13.2. The second-order valence-corrected chi connectivity index (χ2v) is 5.57. The van der Waals surface area contributed by atoms with Crippen LogP contribution in [0.4, 0.5) is 0 Å². The number of rotatable bonds is 4. The van der Waals surface area contributed by atoms with Gasteiger partial charge >= 0.3 is 11.9 Å². The van der Waals surface area contributed by atoms with Gasteiger partial charge in [0.25, 0.3) is 0 Å². The highest BCUT2D eigenvalue weighted by Crippen LogP contribution is 2.30. The Hall–Kier alpha value is -1.84. The zero-order valence-electron chi connectivity index (χ0n) is 11.3. The van der Waals surface area contributed by atoms with E-state index in [9.17, 15) is 9.59 Å². The predicted octanol–water partition coefficient (Wildman–Crippen LogP) is 3.10. The normalized spacial score (nSPS) is 18.8. The van der Waals surface area contributed by atoms with Crippen molar-refractivity contribution in [3.8, 4) is 11.5 Å². The van der Waals surface area contributed by atoms with Crippen LogP contribution in [0, 0.1) is 11.8 Å². The lowest BCUT2D eigenvalue weighted by molar-refractivity contribution is -0.142. The summed E-state index contributed by atoms with van der Waals surface area (Å²) in [5, 5.41) is 0. The minimum Gasteiger partial charge on any atom is -0.426 e. The monoisotopic (exact) mass is 274 g/mol. The van der Waals surface area contributed by atoms with Gasteiger partial charge in [0.15, 0.2) is 0 Å². The Balaban J connectivity index is 1.59. The van der Waals surface area contributed by atoms with Gasteiger partial charge in [-0.15, -0.1) is 0 Å². The van der Waals surface area contributed by atoms with Crippen LogP contribution < -0.4 is 9.47 Å². The van der Waals surface area contributed by atoms with Crippen molar-refractivity contribution in [2.45, 2.75) is 38.5 Å². The number of carbonyl (C=O) groups is 2. The first-order chi connectivity index (χ1) is 9.72. The van der Waals surface area contributed by atoms with Crippen LogP contribution in [0.2, 0.25) is 0 Å². The van der Waals surface area contributed by atoms with Crippen molar-refractivity contribution in [1.82, 2.24) is 0 Å². The Labute approximate surface area is 118 Å². The van der Waals surface area contributed by atoms with Crippen molar-refractivity contribution in [2.24, 2.45) is 11.8 Å². The summed E-state index contributed by atoms with van der Waals surface area (Å²) in [7, 11) is 0. The third kappa shape index (κ3) is 2.84. The summed E-state index contributed by atoms with van der Waals surface area (Å²) >= 11 is 0. The molecule has 4 heteroatoms. The van der Waals surface area contributed by atoms with E-state index in [2.05, 4.69) is 0 Å². The maximum Gasteiger partial charge on any atom is 0.314 e. The third-order valence-electron chi connectivity index (χ3n) is 4.12. The molecule has 0 aliphatic heterocycles. The summed E-state index contributed by atoms with van der Waals surface area (Å²) in [4.78, 5) is 23.5. The molecule has 2 aliphatic rings. The highest BCUT2D eigenvalue weighted by atomic mass is 16.5. The van der Waals surface area contributed by atoms with Crippen molar-refractivity contribution in [3.63, 3.8) is 0 Å². The fourth-order valence-corrected chi connectivity index (χ4v) is 2.29. The van der Waals surface area contributed by atoms with Gasteiger partial charge in [0.2, 0.25) is 0 Å². The zero-order chi connectivity index (χ0) is 13.9. The Kier molecular flexibility index (Phi) is 3.72. The van der Waals surface area contributed by atoms with Crippen molar-refractivity contribution in [3.05, 3.63) is 24.3 Å². The third-order valence-corrected chi connectivity index (χ3v) is 4.12. The SMILES string of the molecule is O=C(Oc1cccc(OC(=O)C2CCC2)c1)C1CCC1. The number of hydrogen-bond acceptors (Lipinski definition) is 4.